The van der Waals surface area contributed by atoms with Crippen LogP contribution in [0, 0.1) is 0 Å². The Morgan fingerprint density at radius 3 is 3.07 bits per heavy atom. The van der Waals surface area contributed by atoms with Crippen LogP contribution < -0.4 is 11.1 Å². The third kappa shape index (κ3) is 4.20. The van der Waals surface area contributed by atoms with Crippen molar-refractivity contribution >= 4 is 38.5 Å². The first-order valence-electron chi connectivity index (χ1n) is 10.1. The zero-order chi connectivity index (χ0) is 19.5. The van der Waals surface area contributed by atoms with Crippen molar-refractivity contribution in [2.45, 2.75) is 62.5 Å². The highest BCUT2D eigenvalue weighted by molar-refractivity contribution is 8.77. The van der Waals surface area contributed by atoms with Gasteiger partial charge in [0.2, 0.25) is 0 Å². The van der Waals surface area contributed by atoms with Gasteiger partial charge in [-0.2, -0.15) is 0 Å². The number of aromatic amines is 1. The number of carbonyl (C=O) groups excluding carboxylic acids is 1. The maximum absolute atomic E-state index is 11.7. The molecule has 2 aromatic rings. The molecule has 4 N–H and O–H groups in total. The number of primary amides is 1. The summed E-state index contributed by atoms with van der Waals surface area (Å²) in [6, 6.07) is 5.49. The molecule has 0 spiro atoms. The molecular weight excluding hydrogens is 392 g/mol. The Hall–Kier alpha value is -1.22. The normalized spacial score (nSPS) is 26.1. The van der Waals surface area contributed by atoms with Gasteiger partial charge in [0, 0.05) is 11.0 Å². The van der Waals surface area contributed by atoms with E-state index in [2.05, 4.69) is 17.2 Å². The van der Waals surface area contributed by atoms with Gasteiger partial charge >= 0.3 is 0 Å². The molecule has 0 radical (unpaired) electrons. The lowest BCUT2D eigenvalue weighted by molar-refractivity contribution is -0.0246. The highest BCUT2D eigenvalue weighted by Gasteiger charge is 2.36. The molecule has 2 fully saturated rings. The number of nitrogens with one attached hydrogen (secondary N) is 2. The maximum atomic E-state index is 11.7. The molecule has 0 aliphatic carbocycles. The van der Waals surface area contributed by atoms with Gasteiger partial charge in [0.15, 0.2) is 0 Å². The van der Waals surface area contributed by atoms with Gasteiger partial charge in [0.05, 0.1) is 29.3 Å². The van der Waals surface area contributed by atoms with Gasteiger partial charge in [0.1, 0.15) is 11.3 Å². The average molecular weight is 421 g/mol. The van der Waals surface area contributed by atoms with Crippen LogP contribution in [0.3, 0.4) is 0 Å². The number of rotatable bonds is 8. The van der Waals surface area contributed by atoms with Crippen molar-refractivity contribution in [3.8, 4) is 0 Å². The second kappa shape index (κ2) is 9.07. The number of benzene rings is 1. The number of ether oxygens (including phenoxy) is 1. The Bertz CT molecular complexity index is 822. The summed E-state index contributed by atoms with van der Waals surface area (Å²) in [6.07, 6.45) is 6.08. The van der Waals surface area contributed by atoms with E-state index in [1.165, 1.54) is 25.0 Å². The predicted molar refractivity (Wildman–Crippen MR) is 117 cm³/mol. The molecule has 2 saturated heterocycles. The van der Waals surface area contributed by atoms with E-state index in [4.69, 9.17) is 15.5 Å². The second-order valence-electron chi connectivity index (χ2n) is 7.51. The lowest BCUT2D eigenvalue weighted by Gasteiger charge is -2.28. The van der Waals surface area contributed by atoms with Gasteiger partial charge in [-0.15, -0.1) is 0 Å². The molecule has 2 aliphatic rings. The minimum Gasteiger partial charge on any atom is -0.372 e. The van der Waals surface area contributed by atoms with E-state index in [1.54, 1.807) is 6.07 Å². The number of hydrogen-bond donors (Lipinski definition) is 3. The summed E-state index contributed by atoms with van der Waals surface area (Å²) < 4.78 is 6.69. The fraction of sp³-hybridized carbons (Fsp3) is 0.600. The molecule has 1 aromatic carbocycles. The number of unbranched alkanes of at least 4 members (excludes halogenated alkanes) is 1. The summed E-state index contributed by atoms with van der Waals surface area (Å²) in [5, 5.41) is 4.12. The zero-order valence-corrected chi connectivity index (χ0v) is 17.8. The standard InChI is InChI=1S/C20H28N4O2S2/c1-2-3-7-14(16-9-11-27-28-16)26-15-8-10-22-18(15)20-23-13-6-4-5-12(19(21)25)17(13)24-20/h4-6,14-16,18,22H,2-3,7-11H2,1H3,(H2,21,25)(H,23,24). The molecule has 1 aromatic heterocycles. The quantitative estimate of drug-likeness (QED) is 0.563. The molecular formula is C20H28N4O2S2. The Kier molecular flexibility index (Phi) is 6.50. The van der Waals surface area contributed by atoms with E-state index in [1.807, 2.05) is 33.7 Å². The Labute approximate surface area is 173 Å². The van der Waals surface area contributed by atoms with Gasteiger partial charge in [-0.1, -0.05) is 47.4 Å². The van der Waals surface area contributed by atoms with E-state index < -0.39 is 5.91 Å². The molecule has 6 nitrogen and oxygen atoms in total. The van der Waals surface area contributed by atoms with E-state index in [0.29, 0.717) is 16.3 Å². The number of hydrogen-bond acceptors (Lipinski definition) is 6. The Morgan fingerprint density at radius 1 is 1.43 bits per heavy atom. The first-order chi connectivity index (χ1) is 13.7. The maximum Gasteiger partial charge on any atom is 0.250 e. The molecule has 1 amide bonds. The molecule has 152 valence electrons. The lowest BCUT2D eigenvalue weighted by Crippen LogP contribution is -2.33. The number of nitrogens with two attached hydrogens (primary N) is 1. The van der Waals surface area contributed by atoms with Gasteiger partial charge in [-0.05, 0) is 37.9 Å². The van der Waals surface area contributed by atoms with Crippen molar-refractivity contribution < 1.29 is 9.53 Å². The highest BCUT2D eigenvalue weighted by atomic mass is 33.1. The fourth-order valence-electron chi connectivity index (χ4n) is 4.06. The Balaban J connectivity index is 1.55. The number of fused-ring (bicyclic) bond motifs is 1. The van der Waals surface area contributed by atoms with Crippen LogP contribution in [0.25, 0.3) is 11.0 Å². The van der Waals surface area contributed by atoms with Gasteiger partial charge in [-0.25, -0.2) is 4.98 Å². The molecule has 28 heavy (non-hydrogen) atoms. The minimum absolute atomic E-state index is 0.0105. The highest BCUT2D eigenvalue weighted by Crippen LogP contribution is 2.42. The van der Waals surface area contributed by atoms with Crippen LogP contribution in [0.15, 0.2) is 18.2 Å². The monoisotopic (exact) mass is 420 g/mol. The third-order valence-corrected chi connectivity index (χ3v) is 8.51. The Morgan fingerprint density at radius 2 is 2.32 bits per heavy atom. The number of carbonyl (C=O) groups is 1. The summed E-state index contributed by atoms with van der Waals surface area (Å²) in [6.45, 7) is 3.14. The van der Waals surface area contributed by atoms with Crippen LogP contribution in [0.2, 0.25) is 0 Å². The molecule has 4 rings (SSSR count). The summed E-state index contributed by atoms with van der Waals surface area (Å²) >= 11 is 0. The number of nitrogens with zero attached hydrogens (tertiary/aromatic N) is 1. The summed E-state index contributed by atoms with van der Waals surface area (Å²) in [4.78, 5) is 19.8. The van der Waals surface area contributed by atoms with E-state index in [-0.39, 0.29) is 18.2 Å². The third-order valence-electron chi connectivity index (χ3n) is 5.54. The number of imidazole rings is 1. The average Bonchev–Trinajstić information content (AvgIpc) is 3.44. The first kappa shape index (κ1) is 20.1. The van der Waals surface area contributed by atoms with Crippen molar-refractivity contribution in [2.24, 2.45) is 5.73 Å². The largest absolute Gasteiger partial charge is 0.372 e. The predicted octanol–water partition coefficient (Wildman–Crippen LogP) is 3.79. The molecule has 8 heteroatoms. The van der Waals surface area contributed by atoms with Crippen LogP contribution in [0.1, 0.15) is 61.3 Å². The molecule has 2 aliphatic heterocycles. The zero-order valence-electron chi connectivity index (χ0n) is 16.1. The van der Waals surface area contributed by atoms with Crippen LogP contribution in [0.4, 0.5) is 0 Å². The van der Waals surface area contributed by atoms with Crippen LogP contribution >= 0.6 is 21.6 Å². The summed E-state index contributed by atoms with van der Waals surface area (Å²) in [5.74, 6) is 1.59. The van der Waals surface area contributed by atoms with Crippen LogP contribution in [-0.4, -0.2) is 45.6 Å². The molecule has 4 atom stereocenters. The number of H-pyrrole nitrogens is 1. The fourth-order valence-corrected chi connectivity index (χ4v) is 7.13. The van der Waals surface area contributed by atoms with Gasteiger partial charge in [0.25, 0.3) is 5.91 Å². The number of amides is 1. The first-order valence-corrected chi connectivity index (χ1v) is 12.5. The van der Waals surface area contributed by atoms with Crippen molar-refractivity contribution in [1.82, 2.24) is 15.3 Å². The van der Waals surface area contributed by atoms with E-state index >= 15 is 0 Å². The lowest BCUT2D eigenvalue weighted by atomic mass is 10.1. The van der Waals surface area contributed by atoms with Crippen molar-refractivity contribution in [3.05, 3.63) is 29.6 Å². The molecule has 4 unspecified atom stereocenters. The summed E-state index contributed by atoms with van der Waals surface area (Å²) in [5.41, 5.74) is 7.45. The molecule has 0 saturated carbocycles. The van der Waals surface area contributed by atoms with Gasteiger partial charge < -0.3 is 20.8 Å². The molecule has 0 bridgehead atoms. The van der Waals surface area contributed by atoms with Crippen LogP contribution in [0.5, 0.6) is 0 Å². The van der Waals surface area contributed by atoms with Crippen molar-refractivity contribution in [2.75, 3.05) is 12.3 Å². The minimum atomic E-state index is -0.453. The number of aromatic nitrogens is 2. The van der Waals surface area contributed by atoms with E-state index in [0.717, 1.165) is 30.7 Å². The van der Waals surface area contributed by atoms with Gasteiger partial charge in [-0.3, -0.25) is 4.79 Å². The molecule has 3 heterocycles. The second-order valence-corrected chi connectivity index (χ2v) is 10.2. The smallest absolute Gasteiger partial charge is 0.250 e. The van der Waals surface area contributed by atoms with Crippen molar-refractivity contribution in [1.29, 1.82) is 0 Å². The number of para-hydroxylation sites is 1. The van der Waals surface area contributed by atoms with Crippen molar-refractivity contribution in [3.63, 3.8) is 0 Å². The van der Waals surface area contributed by atoms with E-state index in [9.17, 15) is 4.79 Å². The summed E-state index contributed by atoms with van der Waals surface area (Å²) in [7, 11) is 3.95. The topological polar surface area (TPSA) is 93.0 Å². The van der Waals surface area contributed by atoms with Crippen LogP contribution in [-0.2, 0) is 4.74 Å². The SMILES string of the molecule is CCCCC(OC1CCNC1c1nc2c(C(N)=O)cccc2[nH]1)C1CCSS1.